The van der Waals surface area contributed by atoms with Gasteiger partial charge in [0, 0.05) is 39.4 Å². The van der Waals surface area contributed by atoms with Crippen molar-refractivity contribution >= 4 is 40.2 Å². The van der Waals surface area contributed by atoms with Crippen LogP contribution in [0, 0.1) is 18.3 Å². The minimum Gasteiger partial charge on any atom is -0.344 e. The molecule has 0 bridgehead atoms. The van der Waals surface area contributed by atoms with E-state index < -0.39 is 5.91 Å². The van der Waals surface area contributed by atoms with Crippen molar-refractivity contribution in [2.75, 3.05) is 5.32 Å². The predicted molar refractivity (Wildman–Crippen MR) is 115 cm³/mol. The highest BCUT2D eigenvalue weighted by molar-refractivity contribution is 6.31. The molecule has 0 aliphatic carbocycles. The van der Waals surface area contributed by atoms with Gasteiger partial charge in [0.1, 0.15) is 11.6 Å². The number of para-hydroxylation sites is 1. The number of nitrogens with one attached hydrogen (secondary N) is 1. The lowest BCUT2D eigenvalue weighted by molar-refractivity contribution is -0.112. The number of rotatable bonds is 5. The molecule has 1 amide bonds. The van der Waals surface area contributed by atoms with E-state index in [0.717, 1.165) is 28.5 Å². The van der Waals surface area contributed by atoms with E-state index in [0.29, 0.717) is 16.8 Å². The molecule has 0 aliphatic heterocycles. The summed E-state index contributed by atoms with van der Waals surface area (Å²) in [6, 6.07) is 15.6. The van der Waals surface area contributed by atoms with Gasteiger partial charge in [0.15, 0.2) is 0 Å². The molecule has 1 heterocycles. The summed E-state index contributed by atoms with van der Waals surface area (Å²) in [6.45, 7) is 6.16. The number of halogens is 1. The molecule has 1 unspecified atom stereocenters. The van der Waals surface area contributed by atoms with E-state index in [9.17, 15) is 10.1 Å². The van der Waals surface area contributed by atoms with Crippen molar-refractivity contribution in [1.29, 1.82) is 5.26 Å². The minimum atomic E-state index is -0.451. The molecule has 142 valence electrons. The van der Waals surface area contributed by atoms with Gasteiger partial charge in [-0.15, -0.1) is 0 Å². The van der Waals surface area contributed by atoms with Crippen LogP contribution < -0.4 is 5.32 Å². The number of benzene rings is 2. The van der Waals surface area contributed by atoms with Crippen LogP contribution in [0.4, 0.5) is 5.69 Å². The minimum absolute atomic E-state index is 0.0476. The van der Waals surface area contributed by atoms with E-state index in [-0.39, 0.29) is 5.57 Å². The number of hydrogen-bond acceptors (Lipinski definition) is 2. The number of nitriles is 1. The average Bonchev–Trinajstić information content (AvgIpc) is 3.06. The highest BCUT2D eigenvalue weighted by Gasteiger charge is 2.15. The molecule has 28 heavy (non-hydrogen) atoms. The van der Waals surface area contributed by atoms with Crippen LogP contribution in [0.1, 0.15) is 37.4 Å². The lowest BCUT2D eigenvalue weighted by Crippen LogP contribution is -2.14. The number of amides is 1. The third kappa shape index (κ3) is 3.95. The third-order valence-corrected chi connectivity index (χ3v) is 5.18. The Hall–Kier alpha value is -3.03. The summed E-state index contributed by atoms with van der Waals surface area (Å²) in [5, 5.41) is 13.9. The second kappa shape index (κ2) is 8.33. The van der Waals surface area contributed by atoms with Crippen molar-refractivity contribution in [2.24, 2.45) is 0 Å². The van der Waals surface area contributed by atoms with E-state index in [1.54, 1.807) is 18.2 Å². The molecule has 3 aromatic rings. The molecule has 3 rings (SSSR count). The van der Waals surface area contributed by atoms with Gasteiger partial charge in [-0.25, -0.2) is 0 Å². The van der Waals surface area contributed by atoms with Crippen molar-refractivity contribution in [2.45, 2.75) is 33.2 Å². The summed E-state index contributed by atoms with van der Waals surface area (Å²) in [4.78, 5) is 12.7. The Morgan fingerprint density at radius 3 is 2.79 bits per heavy atom. The van der Waals surface area contributed by atoms with Gasteiger partial charge in [-0.3, -0.25) is 4.79 Å². The fourth-order valence-electron chi connectivity index (χ4n) is 3.13. The number of carbonyl (C=O) groups excluding carboxylic acids is 1. The number of fused-ring (bicyclic) bond motifs is 1. The number of aromatic nitrogens is 1. The maximum atomic E-state index is 12.7. The van der Waals surface area contributed by atoms with Crippen molar-refractivity contribution in [3.05, 3.63) is 70.4 Å². The number of aryl methyl sites for hydroxylation is 1. The highest BCUT2D eigenvalue weighted by Crippen LogP contribution is 2.28. The number of nitrogens with zero attached hydrogens (tertiary/aromatic N) is 2. The molecule has 0 saturated carbocycles. The van der Waals surface area contributed by atoms with E-state index in [1.165, 1.54) is 0 Å². The molecule has 5 heteroatoms. The van der Waals surface area contributed by atoms with Crippen molar-refractivity contribution in [3.63, 3.8) is 0 Å². The highest BCUT2D eigenvalue weighted by atomic mass is 35.5. The van der Waals surface area contributed by atoms with Gasteiger partial charge in [0.05, 0.1) is 0 Å². The van der Waals surface area contributed by atoms with Crippen LogP contribution in [0.15, 0.2) is 54.2 Å². The van der Waals surface area contributed by atoms with Gasteiger partial charge >= 0.3 is 0 Å². The topological polar surface area (TPSA) is 57.8 Å². The summed E-state index contributed by atoms with van der Waals surface area (Å²) in [7, 11) is 0. The fraction of sp³-hybridized carbons (Fsp3) is 0.217. The van der Waals surface area contributed by atoms with Gasteiger partial charge in [-0.2, -0.15) is 5.26 Å². The zero-order chi connectivity index (χ0) is 20.3. The quantitative estimate of drug-likeness (QED) is 0.420. The lowest BCUT2D eigenvalue weighted by atomic mass is 10.1. The van der Waals surface area contributed by atoms with Crippen molar-refractivity contribution in [3.8, 4) is 6.07 Å². The second-order valence-electron chi connectivity index (χ2n) is 6.85. The van der Waals surface area contributed by atoms with Crippen LogP contribution in [-0.2, 0) is 4.79 Å². The van der Waals surface area contributed by atoms with E-state index >= 15 is 0 Å². The molecule has 1 N–H and O–H groups in total. The van der Waals surface area contributed by atoms with Gasteiger partial charge in [-0.05, 0) is 50.1 Å². The summed E-state index contributed by atoms with van der Waals surface area (Å²) >= 11 is 6.02. The number of anilines is 1. The van der Waals surface area contributed by atoms with E-state index in [1.807, 2.05) is 43.5 Å². The monoisotopic (exact) mass is 391 g/mol. The van der Waals surface area contributed by atoms with Gasteiger partial charge in [0.2, 0.25) is 0 Å². The Bertz CT molecular complexity index is 1100. The predicted octanol–water partition coefficient (Wildman–Crippen LogP) is 6.12. The van der Waals surface area contributed by atoms with Crippen LogP contribution in [0.3, 0.4) is 0 Å². The molecular formula is C23H22ClN3O. The summed E-state index contributed by atoms with van der Waals surface area (Å²) < 4.78 is 2.19. The summed E-state index contributed by atoms with van der Waals surface area (Å²) in [5.74, 6) is -0.451. The van der Waals surface area contributed by atoms with E-state index in [4.69, 9.17) is 11.6 Å². The molecule has 4 nitrogen and oxygen atoms in total. The Kier molecular flexibility index (Phi) is 5.87. The molecule has 0 aliphatic rings. The fourth-order valence-corrected chi connectivity index (χ4v) is 3.30. The third-order valence-electron chi connectivity index (χ3n) is 4.95. The van der Waals surface area contributed by atoms with Crippen molar-refractivity contribution < 1.29 is 4.79 Å². The molecule has 1 aromatic heterocycles. The zero-order valence-corrected chi connectivity index (χ0v) is 16.9. The zero-order valence-electron chi connectivity index (χ0n) is 16.2. The first-order chi connectivity index (χ1) is 13.4. The second-order valence-corrected chi connectivity index (χ2v) is 7.29. The van der Waals surface area contributed by atoms with Crippen LogP contribution in [0.25, 0.3) is 17.0 Å². The summed E-state index contributed by atoms with van der Waals surface area (Å²) in [6.07, 6.45) is 4.64. The largest absolute Gasteiger partial charge is 0.344 e. The SMILES string of the molecule is CCC(C)n1cc(/C=C(\C#N)C(=O)Nc2cc(Cl)ccc2C)c2ccccc21. The molecule has 0 fully saturated rings. The Labute approximate surface area is 170 Å². The average molecular weight is 392 g/mol. The lowest BCUT2D eigenvalue weighted by Gasteiger charge is -2.12. The van der Waals surface area contributed by atoms with Crippen LogP contribution in [-0.4, -0.2) is 10.5 Å². The Morgan fingerprint density at radius 2 is 2.07 bits per heavy atom. The van der Waals surface area contributed by atoms with E-state index in [2.05, 4.69) is 29.8 Å². The van der Waals surface area contributed by atoms with Crippen LogP contribution >= 0.6 is 11.6 Å². The summed E-state index contributed by atoms with van der Waals surface area (Å²) in [5.41, 5.74) is 3.47. The molecule has 1 atom stereocenters. The Balaban J connectivity index is 2.00. The van der Waals surface area contributed by atoms with Crippen LogP contribution in [0.5, 0.6) is 0 Å². The molecule has 2 aromatic carbocycles. The normalized spacial score (nSPS) is 12.6. The molecular weight excluding hydrogens is 370 g/mol. The smallest absolute Gasteiger partial charge is 0.266 e. The maximum absolute atomic E-state index is 12.7. The van der Waals surface area contributed by atoms with Crippen molar-refractivity contribution in [1.82, 2.24) is 4.57 Å². The van der Waals surface area contributed by atoms with Gasteiger partial charge < -0.3 is 9.88 Å². The first-order valence-electron chi connectivity index (χ1n) is 9.23. The number of hydrogen-bond donors (Lipinski definition) is 1. The standard InChI is InChI=1S/C23H22ClN3O/c1-4-16(3)27-14-18(20-7-5-6-8-22(20)27)11-17(13-25)23(28)26-21-12-19(24)10-9-15(21)2/h5-12,14,16H,4H2,1-3H3,(H,26,28)/b17-11+. The molecule has 0 radical (unpaired) electrons. The Morgan fingerprint density at radius 1 is 1.32 bits per heavy atom. The maximum Gasteiger partial charge on any atom is 0.266 e. The first-order valence-corrected chi connectivity index (χ1v) is 9.61. The first kappa shape index (κ1) is 19.7. The number of carbonyl (C=O) groups is 1. The van der Waals surface area contributed by atoms with Gasteiger partial charge in [-0.1, -0.05) is 42.8 Å². The van der Waals surface area contributed by atoms with Gasteiger partial charge in [0.25, 0.3) is 5.91 Å². The van der Waals surface area contributed by atoms with Crippen LogP contribution in [0.2, 0.25) is 5.02 Å². The molecule has 0 spiro atoms. The molecule has 0 saturated heterocycles.